The van der Waals surface area contributed by atoms with Crippen LogP contribution in [0.2, 0.25) is 0 Å². The van der Waals surface area contributed by atoms with E-state index in [9.17, 15) is 0 Å². The summed E-state index contributed by atoms with van der Waals surface area (Å²) in [6.45, 7) is 5.60. The fourth-order valence-electron chi connectivity index (χ4n) is 2.74. The van der Waals surface area contributed by atoms with Gasteiger partial charge in [-0.05, 0) is 37.7 Å². The summed E-state index contributed by atoms with van der Waals surface area (Å²) >= 11 is 2.05. The molecule has 110 valence electrons. The molecular formula is C15H23N3OS. The summed E-state index contributed by atoms with van der Waals surface area (Å²) in [5.41, 5.74) is 2.29. The molecule has 2 aliphatic rings. The number of rotatable bonds is 3. The van der Waals surface area contributed by atoms with Gasteiger partial charge in [0, 0.05) is 24.9 Å². The summed E-state index contributed by atoms with van der Waals surface area (Å²) in [5, 5.41) is 3.65. The summed E-state index contributed by atoms with van der Waals surface area (Å²) in [4.78, 5) is 7.07. The Morgan fingerprint density at radius 1 is 1.35 bits per heavy atom. The van der Waals surface area contributed by atoms with Gasteiger partial charge in [-0.25, -0.2) is 4.98 Å². The Kier molecular flexibility index (Phi) is 4.68. The Bertz CT molecular complexity index is 443. The maximum absolute atomic E-state index is 5.39. The van der Waals surface area contributed by atoms with Gasteiger partial charge in [0.2, 0.25) is 0 Å². The summed E-state index contributed by atoms with van der Waals surface area (Å²) in [6.07, 6.45) is 2.60. The lowest BCUT2D eigenvalue weighted by Crippen LogP contribution is -2.36. The third-order valence-electron chi connectivity index (χ3n) is 3.93. The molecule has 2 saturated heterocycles. The molecule has 1 unspecified atom stereocenters. The number of hydrogen-bond donors (Lipinski definition) is 1. The quantitative estimate of drug-likeness (QED) is 0.927. The summed E-state index contributed by atoms with van der Waals surface area (Å²) in [7, 11) is 0. The van der Waals surface area contributed by atoms with Gasteiger partial charge in [0.15, 0.2) is 0 Å². The number of morpholine rings is 1. The normalized spacial score (nSPS) is 23.6. The van der Waals surface area contributed by atoms with E-state index in [1.165, 1.54) is 30.0 Å². The maximum Gasteiger partial charge on any atom is 0.129 e. The number of nitrogens with one attached hydrogen (secondary N) is 1. The molecule has 2 aliphatic heterocycles. The van der Waals surface area contributed by atoms with E-state index in [1.807, 2.05) is 11.8 Å². The van der Waals surface area contributed by atoms with Gasteiger partial charge in [-0.3, -0.25) is 0 Å². The second-order valence-corrected chi connectivity index (χ2v) is 6.61. The monoisotopic (exact) mass is 293 g/mol. The summed E-state index contributed by atoms with van der Waals surface area (Å²) in [6, 6.07) is 4.92. The van der Waals surface area contributed by atoms with Crippen molar-refractivity contribution in [3.05, 3.63) is 17.8 Å². The minimum Gasteiger partial charge on any atom is -0.380 e. The van der Waals surface area contributed by atoms with Crippen molar-refractivity contribution >= 4 is 23.3 Å². The van der Waals surface area contributed by atoms with Crippen molar-refractivity contribution in [2.75, 3.05) is 48.0 Å². The lowest BCUT2D eigenvalue weighted by atomic mass is 10.1. The van der Waals surface area contributed by atoms with Crippen molar-refractivity contribution in [3.8, 4) is 0 Å². The molecule has 4 nitrogen and oxygen atoms in total. The molecule has 2 fully saturated rings. The average Bonchev–Trinajstić information content (AvgIpc) is 2.51. The Balaban J connectivity index is 1.66. The van der Waals surface area contributed by atoms with Crippen LogP contribution in [0.3, 0.4) is 0 Å². The van der Waals surface area contributed by atoms with E-state index in [4.69, 9.17) is 9.72 Å². The smallest absolute Gasteiger partial charge is 0.129 e. The van der Waals surface area contributed by atoms with Crippen LogP contribution in [-0.2, 0) is 4.74 Å². The molecular weight excluding hydrogens is 270 g/mol. The van der Waals surface area contributed by atoms with Crippen LogP contribution in [0.1, 0.15) is 18.5 Å². The zero-order chi connectivity index (χ0) is 13.8. The molecule has 0 aromatic carbocycles. The van der Waals surface area contributed by atoms with Crippen LogP contribution in [0.25, 0.3) is 0 Å². The van der Waals surface area contributed by atoms with Gasteiger partial charge < -0.3 is 15.0 Å². The molecule has 0 spiro atoms. The van der Waals surface area contributed by atoms with Crippen LogP contribution in [0.5, 0.6) is 0 Å². The van der Waals surface area contributed by atoms with Crippen LogP contribution in [0, 0.1) is 6.92 Å². The van der Waals surface area contributed by atoms with E-state index in [0.29, 0.717) is 6.04 Å². The zero-order valence-electron chi connectivity index (χ0n) is 12.1. The van der Waals surface area contributed by atoms with Gasteiger partial charge in [0.1, 0.15) is 5.82 Å². The predicted molar refractivity (Wildman–Crippen MR) is 86.0 cm³/mol. The average molecular weight is 293 g/mol. The Morgan fingerprint density at radius 2 is 2.20 bits per heavy atom. The van der Waals surface area contributed by atoms with Crippen molar-refractivity contribution in [2.24, 2.45) is 0 Å². The van der Waals surface area contributed by atoms with Crippen molar-refractivity contribution in [3.63, 3.8) is 0 Å². The molecule has 1 aromatic rings. The molecule has 3 heterocycles. The third-order valence-corrected chi connectivity index (χ3v) is 5.14. The highest BCUT2D eigenvalue weighted by atomic mass is 32.2. The topological polar surface area (TPSA) is 37.4 Å². The SMILES string of the molecule is Cc1nc(N2CCOCC2)ccc1NC1CCCSC1. The van der Waals surface area contributed by atoms with Crippen LogP contribution >= 0.6 is 11.8 Å². The predicted octanol–water partition coefficient (Wildman–Crippen LogP) is 2.53. The molecule has 3 rings (SSSR count). The molecule has 1 N–H and O–H groups in total. The first-order valence-corrected chi connectivity index (χ1v) is 8.63. The first kappa shape index (κ1) is 14.0. The lowest BCUT2D eigenvalue weighted by molar-refractivity contribution is 0.122. The highest BCUT2D eigenvalue weighted by Crippen LogP contribution is 2.24. The summed E-state index contributed by atoms with van der Waals surface area (Å²) < 4.78 is 5.39. The van der Waals surface area contributed by atoms with Crippen molar-refractivity contribution < 1.29 is 4.74 Å². The van der Waals surface area contributed by atoms with Crippen molar-refractivity contribution in [1.82, 2.24) is 4.98 Å². The molecule has 0 saturated carbocycles. The minimum absolute atomic E-state index is 0.600. The number of pyridine rings is 1. The fourth-order valence-corrected chi connectivity index (χ4v) is 3.82. The molecule has 20 heavy (non-hydrogen) atoms. The van der Waals surface area contributed by atoms with Crippen molar-refractivity contribution in [2.45, 2.75) is 25.8 Å². The molecule has 5 heteroatoms. The van der Waals surface area contributed by atoms with Gasteiger partial charge >= 0.3 is 0 Å². The van der Waals surface area contributed by atoms with Crippen LogP contribution < -0.4 is 10.2 Å². The molecule has 0 radical (unpaired) electrons. The van der Waals surface area contributed by atoms with Gasteiger partial charge in [-0.15, -0.1) is 0 Å². The molecule has 0 bridgehead atoms. The minimum atomic E-state index is 0.600. The van der Waals surface area contributed by atoms with E-state index >= 15 is 0 Å². The van der Waals surface area contributed by atoms with E-state index in [2.05, 4.69) is 29.3 Å². The number of ether oxygens (including phenoxy) is 1. The maximum atomic E-state index is 5.39. The van der Waals surface area contributed by atoms with E-state index in [0.717, 1.165) is 37.8 Å². The van der Waals surface area contributed by atoms with E-state index < -0.39 is 0 Å². The Morgan fingerprint density at radius 3 is 2.90 bits per heavy atom. The number of thioether (sulfide) groups is 1. The highest BCUT2D eigenvalue weighted by Gasteiger charge is 2.16. The van der Waals surface area contributed by atoms with Crippen LogP contribution in [-0.4, -0.2) is 48.8 Å². The first-order chi connectivity index (χ1) is 9.83. The molecule has 1 atom stereocenters. The largest absolute Gasteiger partial charge is 0.380 e. The van der Waals surface area contributed by atoms with Gasteiger partial charge in [0.05, 0.1) is 24.6 Å². The Labute approximate surface area is 125 Å². The second-order valence-electron chi connectivity index (χ2n) is 5.46. The molecule has 0 amide bonds. The number of aromatic nitrogens is 1. The molecule has 1 aromatic heterocycles. The number of aryl methyl sites for hydroxylation is 1. The molecule has 0 aliphatic carbocycles. The van der Waals surface area contributed by atoms with Gasteiger partial charge in [-0.1, -0.05) is 0 Å². The van der Waals surface area contributed by atoms with Crippen LogP contribution in [0.15, 0.2) is 12.1 Å². The van der Waals surface area contributed by atoms with E-state index in [1.54, 1.807) is 0 Å². The van der Waals surface area contributed by atoms with E-state index in [-0.39, 0.29) is 0 Å². The number of nitrogens with zero attached hydrogens (tertiary/aromatic N) is 2. The highest BCUT2D eigenvalue weighted by molar-refractivity contribution is 7.99. The Hall–Kier alpha value is -0.940. The van der Waals surface area contributed by atoms with Crippen LogP contribution in [0.4, 0.5) is 11.5 Å². The standard InChI is InChI=1S/C15H23N3OS/c1-12-14(17-13-3-2-10-20-11-13)4-5-15(16-12)18-6-8-19-9-7-18/h4-5,13,17H,2-3,6-11H2,1H3. The zero-order valence-corrected chi connectivity index (χ0v) is 12.9. The first-order valence-electron chi connectivity index (χ1n) is 7.47. The number of anilines is 2. The summed E-state index contributed by atoms with van der Waals surface area (Å²) in [5.74, 6) is 3.60. The fraction of sp³-hybridized carbons (Fsp3) is 0.667. The number of hydrogen-bond acceptors (Lipinski definition) is 5. The second kappa shape index (κ2) is 6.68. The van der Waals surface area contributed by atoms with Crippen molar-refractivity contribution in [1.29, 1.82) is 0 Å². The van der Waals surface area contributed by atoms with Gasteiger partial charge in [-0.2, -0.15) is 11.8 Å². The lowest BCUT2D eigenvalue weighted by Gasteiger charge is -2.29. The third kappa shape index (κ3) is 3.38. The van der Waals surface area contributed by atoms with Gasteiger partial charge in [0.25, 0.3) is 0 Å².